The number of hydrogen-bond donors (Lipinski definition) is 2. The summed E-state index contributed by atoms with van der Waals surface area (Å²) in [6.45, 7) is -0.676. The van der Waals surface area contributed by atoms with Crippen molar-refractivity contribution >= 4 is 17.3 Å². The SMILES string of the molecule is CN1C(=O)C(O)c2ccc(N(CCO)CC(F)F)cc21. The number of benzene rings is 1. The number of alkyl halides is 2. The minimum Gasteiger partial charge on any atom is -0.395 e. The molecule has 20 heavy (non-hydrogen) atoms. The van der Waals surface area contributed by atoms with E-state index in [1.807, 2.05) is 0 Å². The molecule has 5 nitrogen and oxygen atoms in total. The summed E-state index contributed by atoms with van der Waals surface area (Å²) in [6, 6.07) is 4.68. The number of likely N-dealkylation sites (N-methyl/N-ethyl adjacent to an activating group) is 1. The Kier molecular flexibility index (Phi) is 4.20. The van der Waals surface area contributed by atoms with E-state index < -0.39 is 25.0 Å². The molecule has 0 fully saturated rings. The number of carbonyl (C=O) groups is 1. The van der Waals surface area contributed by atoms with Crippen LogP contribution in [0.2, 0.25) is 0 Å². The Morgan fingerprint density at radius 2 is 2.15 bits per heavy atom. The van der Waals surface area contributed by atoms with Crippen LogP contribution in [0.15, 0.2) is 18.2 Å². The van der Waals surface area contributed by atoms with E-state index in [1.54, 1.807) is 18.2 Å². The van der Waals surface area contributed by atoms with Crippen molar-refractivity contribution in [2.45, 2.75) is 12.5 Å². The van der Waals surface area contributed by atoms with Crippen molar-refractivity contribution in [3.63, 3.8) is 0 Å². The molecule has 0 bridgehead atoms. The van der Waals surface area contributed by atoms with Gasteiger partial charge in [0.15, 0.2) is 6.10 Å². The molecule has 1 atom stereocenters. The Balaban J connectivity index is 2.33. The molecule has 2 N–H and O–H groups in total. The molecule has 7 heteroatoms. The molecule has 1 amide bonds. The highest BCUT2D eigenvalue weighted by atomic mass is 19.3. The highest BCUT2D eigenvalue weighted by Gasteiger charge is 2.34. The van der Waals surface area contributed by atoms with Gasteiger partial charge < -0.3 is 20.0 Å². The number of nitrogens with zero attached hydrogens (tertiary/aromatic N) is 2. The molecule has 1 aromatic rings. The van der Waals surface area contributed by atoms with Crippen LogP contribution < -0.4 is 9.80 Å². The maximum Gasteiger partial charge on any atom is 0.260 e. The van der Waals surface area contributed by atoms with Crippen LogP contribution in [0.4, 0.5) is 20.2 Å². The Morgan fingerprint density at radius 3 is 2.75 bits per heavy atom. The molecule has 1 heterocycles. The van der Waals surface area contributed by atoms with Crippen LogP contribution >= 0.6 is 0 Å². The normalized spacial score (nSPS) is 17.8. The first kappa shape index (κ1) is 14.7. The number of aliphatic hydroxyl groups is 2. The van der Waals surface area contributed by atoms with Gasteiger partial charge in [0.05, 0.1) is 18.8 Å². The lowest BCUT2D eigenvalue weighted by molar-refractivity contribution is -0.125. The van der Waals surface area contributed by atoms with Gasteiger partial charge >= 0.3 is 0 Å². The Hall–Kier alpha value is -1.73. The molecule has 110 valence electrons. The zero-order chi connectivity index (χ0) is 14.9. The molecule has 0 saturated carbocycles. The average Bonchev–Trinajstić information content (AvgIpc) is 2.63. The minimum absolute atomic E-state index is 0.0728. The van der Waals surface area contributed by atoms with E-state index in [-0.39, 0.29) is 13.2 Å². The van der Waals surface area contributed by atoms with Gasteiger partial charge in [0.1, 0.15) is 0 Å². The van der Waals surface area contributed by atoms with Gasteiger partial charge in [-0.05, 0) is 12.1 Å². The van der Waals surface area contributed by atoms with E-state index >= 15 is 0 Å². The van der Waals surface area contributed by atoms with Crippen LogP contribution in [0.1, 0.15) is 11.7 Å². The highest BCUT2D eigenvalue weighted by molar-refractivity contribution is 6.03. The molecule has 1 aliphatic heterocycles. The second kappa shape index (κ2) is 5.72. The number of fused-ring (bicyclic) bond motifs is 1. The molecule has 2 rings (SSSR count). The van der Waals surface area contributed by atoms with Gasteiger partial charge in [-0.2, -0.15) is 0 Å². The zero-order valence-electron chi connectivity index (χ0n) is 11.0. The van der Waals surface area contributed by atoms with Crippen molar-refractivity contribution < 1.29 is 23.8 Å². The third-order valence-corrected chi connectivity index (χ3v) is 3.33. The highest BCUT2D eigenvalue weighted by Crippen LogP contribution is 2.37. The van der Waals surface area contributed by atoms with Crippen LogP contribution in [0.5, 0.6) is 0 Å². The molecule has 1 aromatic carbocycles. The summed E-state index contributed by atoms with van der Waals surface area (Å²) >= 11 is 0. The second-order valence-corrected chi connectivity index (χ2v) is 4.60. The van der Waals surface area contributed by atoms with Crippen LogP contribution in [0, 0.1) is 0 Å². The van der Waals surface area contributed by atoms with Crippen molar-refractivity contribution in [3.8, 4) is 0 Å². The summed E-state index contributed by atoms with van der Waals surface area (Å²) in [6.07, 6.45) is -3.73. The van der Waals surface area contributed by atoms with Crippen molar-refractivity contribution in [2.24, 2.45) is 0 Å². The third-order valence-electron chi connectivity index (χ3n) is 3.33. The largest absolute Gasteiger partial charge is 0.395 e. The van der Waals surface area contributed by atoms with E-state index in [0.717, 1.165) is 0 Å². The van der Waals surface area contributed by atoms with Gasteiger partial charge in [0.25, 0.3) is 12.3 Å². The van der Waals surface area contributed by atoms with Crippen molar-refractivity contribution in [3.05, 3.63) is 23.8 Å². The predicted octanol–water partition coefficient (Wildman–Crippen LogP) is 0.760. The predicted molar refractivity (Wildman–Crippen MR) is 70.1 cm³/mol. The number of rotatable bonds is 5. The third kappa shape index (κ3) is 2.59. The maximum absolute atomic E-state index is 12.5. The van der Waals surface area contributed by atoms with E-state index in [2.05, 4.69) is 0 Å². The molecule has 0 aromatic heterocycles. The number of amides is 1. The minimum atomic E-state index is -2.53. The fourth-order valence-corrected chi connectivity index (χ4v) is 2.30. The maximum atomic E-state index is 12.5. The molecule has 1 unspecified atom stereocenters. The van der Waals surface area contributed by atoms with Crippen LogP contribution in [-0.2, 0) is 4.79 Å². The Morgan fingerprint density at radius 1 is 1.45 bits per heavy atom. The standard InChI is InChI=1S/C13H16F2N2O3/c1-16-10-6-8(17(4-5-18)7-11(14)15)2-3-9(10)12(19)13(16)20/h2-3,6,11-12,18-19H,4-5,7H2,1H3. The van der Waals surface area contributed by atoms with Crippen molar-refractivity contribution in [1.82, 2.24) is 0 Å². The first-order valence-corrected chi connectivity index (χ1v) is 6.19. The van der Waals surface area contributed by atoms with E-state index in [4.69, 9.17) is 5.11 Å². The van der Waals surface area contributed by atoms with Crippen LogP contribution in [-0.4, -0.2) is 49.3 Å². The van der Waals surface area contributed by atoms with Gasteiger partial charge in [-0.25, -0.2) is 8.78 Å². The molecular formula is C13H16F2N2O3. The number of hydrogen-bond acceptors (Lipinski definition) is 4. The first-order valence-electron chi connectivity index (χ1n) is 6.19. The summed E-state index contributed by atoms with van der Waals surface area (Å²) < 4.78 is 25.1. The summed E-state index contributed by atoms with van der Waals surface area (Å²) in [4.78, 5) is 14.3. The van der Waals surface area contributed by atoms with Crippen molar-refractivity contribution in [1.29, 1.82) is 0 Å². The van der Waals surface area contributed by atoms with Crippen molar-refractivity contribution in [2.75, 3.05) is 36.5 Å². The molecule has 0 aliphatic carbocycles. The summed E-state index contributed by atoms with van der Waals surface area (Å²) in [5.41, 5.74) is 1.44. The van der Waals surface area contributed by atoms with Gasteiger partial charge in [-0.1, -0.05) is 6.07 Å². The molecular weight excluding hydrogens is 270 g/mol. The quantitative estimate of drug-likeness (QED) is 0.839. The molecule has 1 aliphatic rings. The second-order valence-electron chi connectivity index (χ2n) is 4.60. The van der Waals surface area contributed by atoms with E-state index in [0.29, 0.717) is 16.9 Å². The van der Waals surface area contributed by atoms with Gasteiger partial charge in [0.2, 0.25) is 0 Å². The Bertz CT molecular complexity index is 510. The van der Waals surface area contributed by atoms with Crippen LogP contribution in [0.3, 0.4) is 0 Å². The number of aliphatic hydroxyl groups excluding tert-OH is 2. The van der Waals surface area contributed by atoms with E-state index in [9.17, 15) is 18.7 Å². The molecule has 0 radical (unpaired) electrons. The molecule has 0 saturated heterocycles. The summed E-state index contributed by atoms with van der Waals surface area (Å²) in [5, 5.41) is 18.7. The zero-order valence-corrected chi connectivity index (χ0v) is 11.0. The summed E-state index contributed by atoms with van der Waals surface area (Å²) in [7, 11) is 1.52. The number of carbonyl (C=O) groups excluding carboxylic acids is 1. The fourth-order valence-electron chi connectivity index (χ4n) is 2.30. The van der Waals surface area contributed by atoms with E-state index in [1.165, 1.54) is 16.8 Å². The number of anilines is 2. The monoisotopic (exact) mass is 286 g/mol. The fraction of sp³-hybridized carbons (Fsp3) is 0.462. The van der Waals surface area contributed by atoms with Gasteiger partial charge in [0, 0.05) is 24.8 Å². The van der Waals surface area contributed by atoms with Crippen LogP contribution in [0.25, 0.3) is 0 Å². The molecule has 0 spiro atoms. The Labute approximate surface area is 115 Å². The van der Waals surface area contributed by atoms with Gasteiger partial charge in [-0.15, -0.1) is 0 Å². The number of halogens is 2. The first-order chi connectivity index (χ1) is 9.45. The lowest BCUT2D eigenvalue weighted by Gasteiger charge is -2.24. The van der Waals surface area contributed by atoms with Gasteiger partial charge in [-0.3, -0.25) is 4.79 Å². The summed E-state index contributed by atoms with van der Waals surface area (Å²) in [5.74, 6) is -0.445. The lowest BCUT2D eigenvalue weighted by atomic mass is 10.1. The lowest BCUT2D eigenvalue weighted by Crippen LogP contribution is -2.31. The average molecular weight is 286 g/mol. The smallest absolute Gasteiger partial charge is 0.260 e. The topological polar surface area (TPSA) is 64.0 Å².